The molecule has 0 atom stereocenters. The monoisotopic (exact) mass is 383 g/mol. The molecule has 1 aromatic carbocycles. The van der Waals surface area contributed by atoms with Crippen molar-refractivity contribution in [3.8, 4) is 16.5 Å². The fourth-order valence-corrected chi connectivity index (χ4v) is 3.47. The molecule has 3 aromatic heterocycles. The van der Waals surface area contributed by atoms with Gasteiger partial charge in [-0.05, 0) is 42.8 Å². The molecule has 3 heterocycles. The van der Waals surface area contributed by atoms with Crippen LogP contribution in [0.1, 0.15) is 5.56 Å². The Bertz CT molecular complexity index is 1030. The van der Waals surface area contributed by atoms with E-state index in [1.807, 2.05) is 72.0 Å². The highest BCUT2D eigenvalue weighted by atomic mass is 32.1. The maximum absolute atomic E-state index is 5.61. The first-order chi connectivity index (χ1) is 12.7. The zero-order chi connectivity index (χ0) is 17.9. The first-order valence-electron chi connectivity index (χ1n) is 8.08. The van der Waals surface area contributed by atoms with Gasteiger partial charge in [0.25, 0.3) is 10.7 Å². The molecule has 0 saturated carbocycles. The van der Waals surface area contributed by atoms with E-state index in [1.54, 1.807) is 16.0 Å². The smallest absolute Gasteiger partial charge is 0.288 e. The second kappa shape index (κ2) is 7.36. The molecule has 0 saturated heterocycles. The topological polar surface area (TPSA) is 52.0 Å². The van der Waals surface area contributed by atoms with Crippen LogP contribution in [0.5, 0.6) is 0 Å². The van der Waals surface area contributed by atoms with Crippen LogP contribution in [0.2, 0.25) is 0 Å². The third-order valence-electron chi connectivity index (χ3n) is 3.82. The van der Waals surface area contributed by atoms with Crippen molar-refractivity contribution < 1.29 is 4.42 Å². The Labute approximate surface area is 159 Å². The molecule has 0 aliphatic carbocycles. The van der Waals surface area contributed by atoms with Crippen LogP contribution in [0.4, 0.5) is 0 Å². The number of nitrogens with zero attached hydrogens (tertiary/aromatic N) is 5. The predicted molar refractivity (Wildman–Crippen MR) is 104 cm³/mol. The average Bonchev–Trinajstić information content (AvgIpc) is 3.38. The summed E-state index contributed by atoms with van der Waals surface area (Å²) in [5, 5.41) is 10.9. The van der Waals surface area contributed by atoms with Gasteiger partial charge in [0.2, 0.25) is 0 Å². The van der Waals surface area contributed by atoms with Gasteiger partial charge in [0, 0.05) is 18.3 Å². The Morgan fingerprint density at radius 1 is 1.19 bits per heavy atom. The van der Waals surface area contributed by atoms with Crippen LogP contribution in [0.3, 0.4) is 0 Å². The Hall–Kier alpha value is -2.55. The van der Waals surface area contributed by atoms with Crippen LogP contribution in [0.15, 0.2) is 64.7 Å². The third-order valence-corrected chi connectivity index (χ3v) is 4.97. The van der Waals surface area contributed by atoms with Gasteiger partial charge < -0.3 is 4.42 Å². The molecule has 0 amide bonds. The van der Waals surface area contributed by atoms with E-state index in [2.05, 4.69) is 15.1 Å². The molecule has 132 valence electrons. The molecule has 6 nitrogen and oxygen atoms in total. The average molecular weight is 384 g/mol. The summed E-state index contributed by atoms with van der Waals surface area (Å²) in [6.45, 7) is 1.28. The van der Waals surface area contributed by atoms with Crippen LogP contribution in [-0.4, -0.2) is 31.5 Å². The maximum Gasteiger partial charge on any atom is 0.288 e. The van der Waals surface area contributed by atoms with Crippen LogP contribution in [0, 0.1) is 4.84 Å². The Morgan fingerprint density at radius 2 is 2.04 bits per heavy atom. The number of hydrogen-bond donors (Lipinski definition) is 0. The van der Waals surface area contributed by atoms with E-state index in [0.29, 0.717) is 17.4 Å². The number of thiophene rings is 1. The highest BCUT2D eigenvalue weighted by molar-refractivity contribution is 7.71. The minimum absolute atomic E-state index is 0.375. The Morgan fingerprint density at radius 3 is 2.81 bits per heavy atom. The summed E-state index contributed by atoms with van der Waals surface area (Å²) in [6.07, 6.45) is 3.91. The predicted octanol–water partition coefficient (Wildman–Crippen LogP) is 4.21. The largest absolute Gasteiger partial charge is 0.408 e. The van der Waals surface area contributed by atoms with Gasteiger partial charge in [-0.25, -0.2) is 9.36 Å². The summed E-state index contributed by atoms with van der Waals surface area (Å²) >= 11 is 6.87. The van der Waals surface area contributed by atoms with Crippen LogP contribution >= 0.6 is 23.6 Å². The standard InChI is InChI=1S/C18H17N5OS2/c1-21(11-14-10-19-22(12-14)15-6-3-2-4-7-15)13-23-18(25)24-17(20-23)16-8-5-9-26-16/h2-10,12H,11,13H2,1H3. The summed E-state index contributed by atoms with van der Waals surface area (Å²) in [5.41, 5.74) is 2.16. The van der Waals surface area contributed by atoms with Crippen molar-refractivity contribution in [3.05, 3.63) is 70.6 Å². The zero-order valence-electron chi connectivity index (χ0n) is 14.1. The minimum atomic E-state index is 0.375. The zero-order valence-corrected chi connectivity index (χ0v) is 15.8. The van der Waals surface area contributed by atoms with E-state index in [9.17, 15) is 0 Å². The van der Waals surface area contributed by atoms with Crippen molar-refractivity contribution in [1.29, 1.82) is 0 Å². The fraction of sp³-hybridized carbons (Fsp3) is 0.167. The van der Waals surface area contributed by atoms with E-state index in [0.717, 1.165) is 22.7 Å². The molecule has 0 N–H and O–H groups in total. The summed E-state index contributed by atoms with van der Waals surface area (Å²) in [6, 6.07) is 14.0. The number of rotatable bonds is 6. The summed E-state index contributed by atoms with van der Waals surface area (Å²) < 4.78 is 9.18. The second-order valence-corrected chi connectivity index (χ2v) is 7.23. The van der Waals surface area contributed by atoms with Gasteiger partial charge in [0.05, 0.1) is 23.4 Å². The lowest BCUT2D eigenvalue weighted by Gasteiger charge is -2.14. The van der Waals surface area contributed by atoms with Crippen molar-refractivity contribution in [2.24, 2.45) is 0 Å². The second-order valence-electron chi connectivity index (χ2n) is 5.93. The van der Waals surface area contributed by atoms with E-state index >= 15 is 0 Å². The molecule has 0 bridgehead atoms. The molecule has 0 aliphatic rings. The lowest BCUT2D eigenvalue weighted by atomic mass is 10.3. The molecule has 4 aromatic rings. The number of aromatic nitrogens is 4. The molecule has 0 unspecified atom stereocenters. The van der Waals surface area contributed by atoms with Gasteiger partial charge in [0.1, 0.15) is 0 Å². The van der Waals surface area contributed by atoms with Crippen molar-refractivity contribution in [2.45, 2.75) is 13.2 Å². The first kappa shape index (κ1) is 16.9. The maximum atomic E-state index is 5.61. The van der Waals surface area contributed by atoms with Crippen molar-refractivity contribution in [1.82, 2.24) is 24.5 Å². The molecule has 0 radical (unpaired) electrons. The lowest BCUT2D eigenvalue weighted by Crippen LogP contribution is -2.22. The molecule has 0 spiro atoms. The van der Waals surface area contributed by atoms with E-state index < -0.39 is 0 Å². The van der Waals surface area contributed by atoms with E-state index in [1.165, 1.54) is 0 Å². The van der Waals surface area contributed by atoms with E-state index in [4.69, 9.17) is 16.6 Å². The molecular formula is C18H17N5OS2. The third kappa shape index (κ3) is 3.67. The van der Waals surface area contributed by atoms with Gasteiger partial charge >= 0.3 is 0 Å². The SMILES string of the molecule is CN(Cc1cnn(-c2ccccc2)c1)Cn1nc(-c2cccs2)oc1=S. The number of benzene rings is 1. The Balaban J connectivity index is 1.44. The van der Waals surface area contributed by atoms with Gasteiger partial charge in [0.15, 0.2) is 0 Å². The molecule has 4 rings (SSSR count). The molecule has 8 heteroatoms. The van der Waals surface area contributed by atoms with Gasteiger partial charge in [-0.15, -0.1) is 16.4 Å². The highest BCUT2D eigenvalue weighted by Crippen LogP contribution is 2.23. The molecule has 0 fully saturated rings. The van der Waals surface area contributed by atoms with E-state index in [-0.39, 0.29) is 0 Å². The van der Waals surface area contributed by atoms with Crippen LogP contribution < -0.4 is 0 Å². The summed E-state index contributed by atoms with van der Waals surface area (Å²) in [4.78, 5) is 3.46. The molecular weight excluding hydrogens is 366 g/mol. The van der Waals surface area contributed by atoms with Crippen molar-refractivity contribution >= 4 is 23.6 Å². The number of para-hydroxylation sites is 1. The normalized spacial score (nSPS) is 11.3. The van der Waals surface area contributed by atoms with Crippen molar-refractivity contribution in [2.75, 3.05) is 7.05 Å². The lowest BCUT2D eigenvalue weighted by molar-refractivity contribution is 0.240. The summed E-state index contributed by atoms with van der Waals surface area (Å²) in [7, 11) is 2.02. The minimum Gasteiger partial charge on any atom is -0.408 e. The Kier molecular flexibility index (Phi) is 4.79. The summed E-state index contributed by atoms with van der Waals surface area (Å²) in [5.74, 6) is 0.565. The fourth-order valence-electron chi connectivity index (χ4n) is 2.65. The van der Waals surface area contributed by atoms with Gasteiger partial charge in [-0.2, -0.15) is 5.10 Å². The van der Waals surface area contributed by atoms with Crippen LogP contribution in [-0.2, 0) is 13.2 Å². The van der Waals surface area contributed by atoms with Crippen molar-refractivity contribution in [3.63, 3.8) is 0 Å². The van der Waals surface area contributed by atoms with Crippen LogP contribution in [0.25, 0.3) is 16.5 Å². The van der Waals surface area contributed by atoms with Gasteiger partial charge in [-0.3, -0.25) is 4.90 Å². The number of hydrogen-bond acceptors (Lipinski definition) is 6. The molecule has 26 heavy (non-hydrogen) atoms. The highest BCUT2D eigenvalue weighted by Gasteiger charge is 2.11. The quantitative estimate of drug-likeness (QED) is 0.467. The molecule has 0 aliphatic heterocycles. The van der Waals surface area contributed by atoms with Gasteiger partial charge in [-0.1, -0.05) is 24.3 Å². The first-order valence-corrected chi connectivity index (χ1v) is 9.37.